The molecule has 21 heavy (non-hydrogen) atoms. The Morgan fingerprint density at radius 3 is 2.43 bits per heavy atom. The van der Waals surface area contributed by atoms with E-state index in [-0.39, 0.29) is 6.10 Å². The minimum atomic E-state index is -4.32. The lowest BCUT2D eigenvalue weighted by molar-refractivity contribution is -0.137. The summed E-state index contributed by atoms with van der Waals surface area (Å²) in [4.78, 5) is 0. The Morgan fingerprint density at radius 2 is 1.76 bits per heavy atom. The molecular formula is C16H13F3O2. The molecule has 1 aliphatic rings. The van der Waals surface area contributed by atoms with Crippen molar-refractivity contribution >= 4 is 0 Å². The fourth-order valence-corrected chi connectivity index (χ4v) is 2.28. The van der Waals surface area contributed by atoms with Crippen molar-refractivity contribution in [3.05, 3.63) is 59.7 Å². The van der Waals surface area contributed by atoms with E-state index < -0.39 is 11.7 Å². The highest BCUT2D eigenvalue weighted by atomic mass is 19.4. The molecule has 1 aliphatic heterocycles. The molecule has 1 heterocycles. The predicted octanol–water partition coefficient (Wildman–Crippen LogP) is 4.09. The third kappa shape index (κ3) is 3.12. The van der Waals surface area contributed by atoms with Crippen molar-refractivity contribution in [2.24, 2.45) is 0 Å². The fraction of sp³-hybridized carbons (Fsp3) is 0.250. The van der Waals surface area contributed by atoms with E-state index in [1.807, 2.05) is 24.3 Å². The second-order valence-corrected chi connectivity index (χ2v) is 4.88. The highest BCUT2D eigenvalue weighted by molar-refractivity contribution is 5.37. The summed E-state index contributed by atoms with van der Waals surface area (Å²) >= 11 is 0. The van der Waals surface area contributed by atoms with E-state index in [2.05, 4.69) is 0 Å². The molecule has 0 saturated carbocycles. The normalized spacial score (nSPS) is 17.2. The van der Waals surface area contributed by atoms with Crippen LogP contribution in [0.25, 0.3) is 0 Å². The number of hydrogen-bond donors (Lipinski definition) is 0. The Hall–Kier alpha value is -2.17. The molecule has 2 aromatic rings. The summed E-state index contributed by atoms with van der Waals surface area (Å²) in [6.45, 7) is 0.306. The van der Waals surface area contributed by atoms with Gasteiger partial charge >= 0.3 is 6.18 Å². The number of halogens is 3. The molecule has 0 N–H and O–H groups in total. The molecule has 0 radical (unpaired) electrons. The molecule has 0 saturated heterocycles. The van der Waals surface area contributed by atoms with Gasteiger partial charge in [-0.05, 0) is 35.9 Å². The van der Waals surface area contributed by atoms with Gasteiger partial charge < -0.3 is 9.47 Å². The average molecular weight is 294 g/mol. The Labute approximate surface area is 120 Å². The molecule has 110 valence electrons. The molecule has 5 heteroatoms. The number of alkyl halides is 3. The van der Waals surface area contributed by atoms with Crippen LogP contribution < -0.4 is 9.47 Å². The van der Waals surface area contributed by atoms with Gasteiger partial charge in [-0.3, -0.25) is 0 Å². The van der Waals surface area contributed by atoms with Crippen LogP contribution in [0.1, 0.15) is 11.1 Å². The molecule has 0 aliphatic carbocycles. The van der Waals surface area contributed by atoms with E-state index in [0.29, 0.717) is 12.4 Å². The Kier molecular flexibility index (Phi) is 3.49. The zero-order chi connectivity index (χ0) is 14.9. The summed E-state index contributed by atoms with van der Waals surface area (Å²) in [6, 6.07) is 12.4. The van der Waals surface area contributed by atoms with E-state index >= 15 is 0 Å². The van der Waals surface area contributed by atoms with Crippen molar-refractivity contribution in [3.8, 4) is 11.5 Å². The zero-order valence-corrected chi connectivity index (χ0v) is 11.1. The number of rotatable bonds is 3. The van der Waals surface area contributed by atoms with E-state index in [1.165, 1.54) is 12.1 Å². The van der Waals surface area contributed by atoms with Gasteiger partial charge in [0.2, 0.25) is 0 Å². The number of para-hydroxylation sites is 1. The van der Waals surface area contributed by atoms with Crippen LogP contribution in [-0.4, -0.2) is 12.7 Å². The van der Waals surface area contributed by atoms with Gasteiger partial charge in [0.25, 0.3) is 0 Å². The van der Waals surface area contributed by atoms with Crippen LogP contribution in [0, 0.1) is 0 Å². The Morgan fingerprint density at radius 1 is 1.05 bits per heavy atom. The first-order chi connectivity index (χ1) is 10.0. The van der Waals surface area contributed by atoms with Crippen LogP contribution >= 0.6 is 0 Å². The van der Waals surface area contributed by atoms with Gasteiger partial charge in [0, 0.05) is 6.42 Å². The molecule has 0 fully saturated rings. The van der Waals surface area contributed by atoms with Crippen LogP contribution in [0.2, 0.25) is 0 Å². The molecule has 2 nitrogen and oxygen atoms in total. The quantitative estimate of drug-likeness (QED) is 0.849. The molecule has 3 rings (SSSR count). The van der Waals surface area contributed by atoms with Crippen LogP contribution in [0.3, 0.4) is 0 Å². The minimum Gasteiger partial charge on any atom is -0.490 e. The third-order valence-electron chi connectivity index (χ3n) is 3.33. The van der Waals surface area contributed by atoms with E-state index in [9.17, 15) is 13.2 Å². The average Bonchev–Trinajstić information content (AvgIpc) is 2.87. The second-order valence-electron chi connectivity index (χ2n) is 4.88. The lowest BCUT2D eigenvalue weighted by Crippen LogP contribution is -2.22. The van der Waals surface area contributed by atoms with Crippen LogP contribution in [-0.2, 0) is 12.6 Å². The van der Waals surface area contributed by atoms with Crippen molar-refractivity contribution in [2.45, 2.75) is 18.7 Å². The largest absolute Gasteiger partial charge is 0.490 e. The van der Waals surface area contributed by atoms with Gasteiger partial charge in [-0.2, -0.15) is 13.2 Å². The monoisotopic (exact) mass is 294 g/mol. The summed E-state index contributed by atoms with van der Waals surface area (Å²) in [5.74, 6) is 1.25. The van der Waals surface area contributed by atoms with Crippen molar-refractivity contribution in [2.75, 3.05) is 6.61 Å². The smallest absolute Gasteiger partial charge is 0.416 e. The topological polar surface area (TPSA) is 18.5 Å². The zero-order valence-electron chi connectivity index (χ0n) is 11.1. The number of hydrogen-bond acceptors (Lipinski definition) is 2. The predicted molar refractivity (Wildman–Crippen MR) is 71.5 cm³/mol. The third-order valence-corrected chi connectivity index (χ3v) is 3.33. The molecule has 0 aromatic heterocycles. The standard InChI is InChI=1S/C16H13F3O2/c17-16(18,19)12-5-7-13(8-6-12)20-10-14-9-11-3-1-2-4-15(11)21-14/h1-8,14H,9-10H2. The molecule has 1 atom stereocenters. The van der Waals surface area contributed by atoms with Crippen molar-refractivity contribution in [3.63, 3.8) is 0 Å². The van der Waals surface area contributed by atoms with E-state index in [4.69, 9.17) is 9.47 Å². The van der Waals surface area contributed by atoms with Gasteiger partial charge in [0.05, 0.1) is 5.56 Å². The summed E-state index contributed by atoms with van der Waals surface area (Å²) in [5, 5.41) is 0. The van der Waals surface area contributed by atoms with Crippen LogP contribution in [0.15, 0.2) is 48.5 Å². The fourth-order valence-electron chi connectivity index (χ4n) is 2.28. The second kappa shape index (κ2) is 5.31. The number of fused-ring (bicyclic) bond motifs is 1. The summed E-state index contributed by atoms with van der Waals surface area (Å²) in [7, 11) is 0. The maximum absolute atomic E-state index is 12.4. The molecule has 2 aromatic carbocycles. The summed E-state index contributed by atoms with van der Waals surface area (Å²) in [5.41, 5.74) is 0.442. The van der Waals surface area contributed by atoms with Crippen LogP contribution in [0.4, 0.5) is 13.2 Å². The minimum absolute atomic E-state index is 0.107. The van der Waals surface area contributed by atoms with Crippen molar-refractivity contribution < 1.29 is 22.6 Å². The number of benzene rings is 2. The Balaban J connectivity index is 1.57. The highest BCUT2D eigenvalue weighted by Crippen LogP contribution is 2.31. The highest BCUT2D eigenvalue weighted by Gasteiger charge is 2.30. The number of ether oxygens (including phenoxy) is 2. The molecular weight excluding hydrogens is 281 g/mol. The molecule has 1 unspecified atom stereocenters. The molecule has 0 amide bonds. The summed E-state index contributed by atoms with van der Waals surface area (Å²) < 4.78 is 48.5. The Bertz CT molecular complexity index is 595. The molecule has 0 spiro atoms. The summed E-state index contributed by atoms with van der Waals surface area (Å²) in [6.07, 6.45) is -3.68. The maximum Gasteiger partial charge on any atom is 0.416 e. The lowest BCUT2D eigenvalue weighted by atomic mass is 10.1. The SMILES string of the molecule is FC(F)(F)c1ccc(OCC2Cc3ccccc3O2)cc1. The first kappa shape index (κ1) is 13.8. The maximum atomic E-state index is 12.4. The van der Waals surface area contributed by atoms with Gasteiger partial charge in [-0.1, -0.05) is 18.2 Å². The van der Waals surface area contributed by atoms with E-state index in [1.54, 1.807) is 0 Å². The van der Waals surface area contributed by atoms with Gasteiger partial charge in [-0.25, -0.2) is 0 Å². The molecule has 0 bridgehead atoms. The van der Waals surface area contributed by atoms with Gasteiger partial charge in [-0.15, -0.1) is 0 Å². The van der Waals surface area contributed by atoms with Crippen molar-refractivity contribution in [1.82, 2.24) is 0 Å². The first-order valence-electron chi connectivity index (χ1n) is 6.57. The van der Waals surface area contributed by atoms with Gasteiger partial charge in [0.15, 0.2) is 0 Å². The van der Waals surface area contributed by atoms with Gasteiger partial charge in [0.1, 0.15) is 24.2 Å². The van der Waals surface area contributed by atoms with Crippen LogP contribution in [0.5, 0.6) is 11.5 Å². The first-order valence-corrected chi connectivity index (χ1v) is 6.57. The lowest BCUT2D eigenvalue weighted by Gasteiger charge is -2.13. The van der Waals surface area contributed by atoms with E-state index in [0.717, 1.165) is 29.9 Å². The van der Waals surface area contributed by atoms with Crippen molar-refractivity contribution in [1.29, 1.82) is 0 Å².